The lowest BCUT2D eigenvalue weighted by Gasteiger charge is -2.22. The van der Waals surface area contributed by atoms with Crippen LogP contribution in [0.25, 0.3) is 11.0 Å². The van der Waals surface area contributed by atoms with E-state index in [4.69, 9.17) is 13.9 Å². The van der Waals surface area contributed by atoms with Gasteiger partial charge >= 0.3 is 11.9 Å². The molecule has 0 saturated carbocycles. The molecule has 0 amide bonds. The van der Waals surface area contributed by atoms with Crippen LogP contribution in [-0.2, 0) is 25.5 Å². The molecule has 0 aliphatic carbocycles. The number of furan rings is 1. The summed E-state index contributed by atoms with van der Waals surface area (Å²) in [5, 5.41) is 0.922. The van der Waals surface area contributed by atoms with Crippen molar-refractivity contribution in [3.05, 3.63) is 36.1 Å². The summed E-state index contributed by atoms with van der Waals surface area (Å²) in [6, 6.07) is 9.31. The van der Waals surface area contributed by atoms with Crippen molar-refractivity contribution >= 4 is 22.9 Å². The molecule has 22 heavy (non-hydrogen) atoms. The van der Waals surface area contributed by atoms with Gasteiger partial charge in [-0.15, -0.1) is 0 Å². The number of methoxy groups -OCH3 is 1. The summed E-state index contributed by atoms with van der Waals surface area (Å²) in [5.74, 6) is -1.73. The van der Waals surface area contributed by atoms with Gasteiger partial charge in [0.15, 0.2) is 5.92 Å². The molecule has 1 atom stereocenters. The molecule has 0 aliphatic rings. The van der Waals surface area contributed by atoms with Gasteiger partial charge < -0.3 is 13.9 Å². The Morgan fingerprint density at radius 1 is 1.18 bits per heavy atom. The van der Waals surface area contributed by atoms with Crippen molar-refractivity contribution in [3.8, 4) is 0 Å². The van der Waals surface area contributed by atoms with Crippen LogP contribution in [0.4, 0.5) is 0 Å². The first-order valence-corrected chi connectivity index (χ1v) is 7.08. The van der Waals surface area contributed by atoms with Gasteiger partial charge in [0.1, 0.15) is 16.9 Å². The molecule has 5 heteroatoms. The molecular formula is C17H20O5. The highest BCUT2D eigenvalue weighted by Gasteiger charge is 2.33. The number of para-hydroxylation sites is 1. The molecule has 0 aliphatic heterocycles. The van der Waals surface area contributed by atoms with Crippen molar-refractivity contribution in [1.82, 2.24) is 0 Å². The van der Waals surface area contributed by atoms with E-state index in [1.165, 1.54) is 7.11 Å². The Labute approximate surface area is 129 Å². The fourth-order valence-corrected chi connectivity index (χ4v) is 2.12. The topological polar surface area (TPSA) is 65.7 Å². The first-order valence-electron chi connectivity index (χ1n) is 7.08. The van der Waals surface area contributed by atoms with Gasteiger partial charge in [-0.1, -0.05) is 18.2 Å². The third kappa shape index (κ3) is 3.87. The summed E-state index contributed by atoms with van der Waals surface area (Å²) < 4.78 is 15.7. The lowest BCUT2D eigenvalue weighted by molar-refractivity contribution is -0.168. The Bertz CT molecular complexity index is 645. The third-order valence-corrected chi connectivity index (χ3v) is 3.06. The van der Waals surface area contributed by atoms with E-state index in [2.05, 4.69) is 0 Å². The fraction of sp³-hybridized carbons (Fsp3) is 0.412. The van der Waals surface area contributed by atoms with Crippen LogP contribution in [0.1, 0.15) is 26.5 Å². The van der Waals surface area contributed by atoms with Crippen molar-refractivity contribution < 1.29 is 23.5 Å². The highest BCUT2D eigenvalue weighted by atomic mass is 16.6. The Kier molecular flexibility index (Phi) is 4.54. The second-order valence-electron chi connectivity index (χ2n) is 6.06. The van der Waals surface area contributed by atoms with Crippen molar-refractivity contribution in [3.63, 3.8) is 0 Å². The number of carbonyl (C=O) groups is 2. The predicted molar refractivity (Wildman–Crippen MR) is 81.3 cm³/mol. The molecule has 5 nitrogen and oxygen atoms in total. The molecule has 1 heterocycles. The number of fused-ring (bicyclic) bond motifs is 1. The van der Waals surface area contributed by atoms with Crippen molar-refractivity contribution in [2.45, 2.75) is 32.8 Å². The molecule has 2 rings (SSSR count). The number of hydrogen-bond donors (Lipinski definition) is 0. The molecule has 0 spiro atoms. The standard InChI is InChI=1S/C17H20O5/c1-17(2,3)22-16(19)13(15(18)20-4)10-12-9-11-7-5-6-8-14(11)21-12/h5-9,13H,10H2,1-4H3/t13-/m0/s1. The van der Waals surface area contributed by atoms with Crippen molar-refractivity contribution in [1.29, 1.82) is 0 Å². The first-order chi connectivity index (χ1) is 10.3. The maximum atomic E-state index is 12.2. The largest absolute Gasteiger partial charge is 0.468 e. The zero-order chi connectivity index (χ0) is 16.3. The van der Waals surface area contributed by atoms with Crippen LogP contribution in [0.5, 0.6) is 0 Å². The smallest absolute Gasteiger partial charge is 0.321 e. The number of ether oxygens (including phenoxy) is 2. The van der Waals surface area contributed by atoms with E-state index in [1.807, 2.05) is 30.3 Å². The van der Waals surface area contributed by atoms with Crippen LogP contribution in [-0.4, -0.2) is 24.6 Å². The summed E-state index contributed by atoms with van der Waals surface area (Å²) >= 11 is 0. The minimum absolute atomic E-state index is 0.107. The molecule has 2 aromatic rings. The van der Waals surface area contributed by atoms with Crippen molar-refractivity contribution in [2.24, 2.45) is 5.92 Å². The van der Waals surface area contributed by atoms with Gasteiger partial charge in [0.2, 0.25) is 0 Å². The number of carbonyl (C=O) groups excluding carboxylic acids is 2. The lowest BCUT2D eigenvalue weighted by Crippen LogP contribution is -2.34. The number of benzene rings is 1. The number of hydrogen-bond acceptors (Lipinski definition) is 5. The van der Waals surface area contributed by atoms with Gasteiger partial charge in [0.05, 0.1) is 7.11 Å². The monoisotopic (exact) mass is 304 g/mol. The Morgan fingerprint density at radius 2 is 1.86 bits per heavy atom. The van der Waals surface area contributed by atoms with Crippen LogP contribution >= 0.6 is 0 Å². The van der Waals surface area contributed by atoms with Crippen LogP contribution in [0.15, 0.2) is 34.7 Å². The molecule has 1 aromatic heterocycles. The molecule has 0 fully saturated rings. The van der Waals surface area contributed by atoms with E-state index in [1.54, 1.807) is 20.8 Å². The van der Waals surface area contributed by atoms with E-state index < -0.39 is 23.5 Å². The Hall–Kier alpha value is -2.30. The van der Waals surface area contributed by atoms with Crippen LogP contribution in [0.3, 0.4) is 0 Å². The summed E-state index contributed by atoms with van der Waals surface area (Å²) in [4.78, 5) is 24.1. The van der Waals surface area contributed by atoms with Crippen molar-refractivity contribution in [2.75, 3.05) is 7.11 Å². The van der Waals surface area contributed by atoms with Gasteiger partial charge in [-0.05, 0) is 32.9 Å². The highest BCUT2D eigenvalue weighted by Crippen LogP contribution is 2.23. The van der Waals surface area contributed by atoms with E-state index in [0.717, 1.165) is 5.39 Å². The molecule has 0 radical (unpaired) electrons. The molecule has 0 saturated heterocycles. The van der Waals surface area contributed by atoms with E-state index in [9.17, 15) is 9.59 Å². The van der Waals surface area contributed by atoms with Crippen LogP contribution in [0, 0.1) is 5.92 Å². The lowest BCUT2D eigenvalue weighted by atomic mass is 10.0. The predicted octanol–water partition coefficient (Wildman–Crippen LogP) is 3.11. The second kappa shape index (κ2) is 6.22. The third-order valence-electron chi connectivity index (χ3n) is 3.06. The van der Waals surface area contributed by atoms with E-state index in [0.29, 0.717) is 11.3 Å². The minimum Gasteiger partial charge on any atom is -0.468 e. The molecular weight excluding hydrogens is 284 g/mol. The van der Waals surface area contributed by atoms with Gasteiger partial charge in [0, 0.05) is 11.8 Å². The fourth-order valence-electron chi connectivity index (χ4n) is 2.12. The normalized spacial score (nSPS) is 12.9. The second-order valence-corrected chi connectivity index (χ2v) is 6.06. The van der Waals surface area contributed by atoms with Gasteiger partial charge in [-0.3, -0.25) is 9.59 Å². The molecule has 0 N–H and O–H groups in total. The summed E-state index contributed by atoms with van der Waals surface area (Å²) in [6.45, 7) is 5.25. The maximum absolute atomic E-state index is 12.2. The highest BCUT2D eigenvalue weighted by molar-refractivity contribution is 5.95. The average molecular weight is 304 g/mol. The van der Waals surface area contributed by atoms with E-state index in [-0.39, 0.29) is 6.42 Å². The quantitative estimate of drug-likeness (QED) is 0.641. The van der Waals surface area contributed by atoms with Gasteiger partial charge in [-0.25, -0.2) is 0 Å². The Balaban J connectivity index is 2.22. The molecule has 118 valence electrons. The van der Waals surface area contributed by atoms with Gasteiger partial charge in [-0.2, -0.15) is 0 Å². The summed E-state index contributed by atoms with van der Waals surface area (Å²) in [5.41, 5.74) is 0.0438. The zero-order valence-corrected chi connectivity index (χ0v) is 13.2. The zero-order valence-electron chi connectivity index (χ0n) is 13.2. The van der Waals surface area contributed by atoms with Crippen LogP contribution in [0.2, 0.25) is 0 Å². The Morgan fingerprint density at radius 3 is 2.45 bits per heavy atom. The summed E-state index contributed by atoms with van der Waals surface area (Å²) in [6.07, 6.45) is 0.107. The number of rotatable bonds is 4. The minimum atomic E-state index is -1.04. The SMILES string of the molecule is COC(=O)[C@H](Cc1cc2ccccc2o1)C(=O)OC(C)(C)C. The number of esters is 2. The first kappa shape index (κ1) is 16.1. The molecule has 1 aromatic carbocycles. The van der Waals surface area contributed by atoms with Crippen LogP contribution < -0.4 is 0 Å². The maximum Gasteiger partial charge on any atom is 0.321 e. The summed E-state index contributed by atoms with van der Waals surface area (Å²) in [7, 11) is 1.25. The van der Waals surface area contributed by atoms with E-state index >= 15 is 0 Å². The van der Waals surface area contributed by atoms with Gasteiger partial charge in [0.25, 0.3) is 0 Å². The molecule has 0 bridgehead atoms. The molecule has 0 unspecified atom stereocenters. The average Bonchev–Trinajstić information content (AvgIpc) is 2.84.